The Morgan fingerprint density at radius 2 is 2.14 bits per heavy atom. The summed E-state index contributed by atoms with van der Waals surface area (Å²) in [5.41, 5.74) is 0. The summed E-state index contributed by atoms with van der Waals surface area (Å²) in [6.45, 7) is 0. The molecule has 0 aliphatic carbocycles. The van der Waals surface area contributed by atoms with Gasteiger partial charge in [0.15, 0.2) is 0 Å². The standard InChI is InChI=1S/C7H2Cl2N2O2S/c8-4-2-1-3(6(12)13)14-5(2)11-7(9)10-4/h1H,(H,12,13). The van der Waals surface area contributed by atoms with Gasteiger partial charge in [-0.25, -0.2) is 14.8 Å². The summed E-state index contributed by atoms with van der Waals surface area (Å²) in [4.78, 5) is 18.9. The molecule has 0 saturated heterocycles. The molecule has 0 spiro atoms. The molecule has 1 N–H and O–H groups in total. The maximum absolute atomic E-state index is 10.7. The van der Waals surface area contributed by atoms with Crippen molar-refractivity contribution in [2.75, 3.05) is 0 Å². The number of thiophene rings is 1. The first-order valence-electron chi connectivity index (χ1n) is 3.44. The molecule has 7 heteroatoms. The van der Waals surface area contributed by atoms with Crippen molar-refractivity contribution >= 4 is 50.7 Å². The van der Waals surface area contributed by atoms with Crippen LogP contribution in [0.5, 0.6) is 0 Å². The summed E-state index contributed by atoms with van der Waals surface area (Å²) in [6.07, 6.45) is 0. The minimum atomic E-state index is -1.01. The Bertz CT molecular complexity index is 526. The van der Waals surface area contributed by atoms with E-state index in [1.807, 2.05) is 0 Å². The lowest BCUT2D eigenvalue weighted by Gasteiger charge is -1.91. The first-order valence-corrected chi connectivity index (χ1v) is 5.01. The number of hydrogen-bond acceptors (Lipinski definition) is 4. The molecule has 0 aliphatic rings. The fourth-order valence-electron chi connectivity index (χ4n) is 0.968. The summed E-state index contributed by atoms with van der Waals surface area (Å²) in [7, 11) is 0. The normalized spacial score (nSPS) is 10.7. The van der Waals surface area contributed by atoms with Gasteiger partial charge in [-0.2, -0.15) is 0 Å². The Balaban J connectivity index is 2.76. The van der Waals surface area contributed by atoms with Crippen LogP contribution >= 0.6 is 34.5 Å². The molecule has 2 heterocycles. The SMILES string of the molecule is O=C(O)c1cc2c(Cl)nc(Cl)nc2s1. The third-order valence-electron chi connectivity index (χ3n) is 1.53. The minimum absolute atomic E-state index is 0.0151. The van der Waals surface area contributed by atoms with Crippen LogP contribution in [-0.4, -0.2) is 21.0 Å². The Labute approximate surface area is 92.1 Å². The molecule has 2 aromatic heterocycles. The summed E-state index contributed by atoms with van der Waals surface area (Å²) in [6, 6.07) is 1.43. The Morgan fingerprint density at radius 1 is 1.43 bits per heavy atom. The summed E-state index contributed by atoms with van der Waals surface area (Å²) >= 11 is 12.3. The fraction of sp³-hybridized carbons (Fsp3) is 0. The molecule has 0 atom stereocenters. The van der Waals surface area contributed by atoms with Crippen molar-refractivity contribution in [2.24, 2.45) is 0 Å². The predicted octanol–water partition coefficient (Wildman–Crippen LogP) is 2.70. The lowest BCUT2D eigenvalue weighted by atomic mass is 10.4. The van der Waals surface area contributed by atoms with Crippen LogP contribution in [0.2, 0.25) is 10.4 Å². The molecule has 14 heavy (non-hydrogen) atoms. The molecule has 0 saturated carbocycles. The summed E-state index contributed by atoms with van der Waals surface area (Å²) in [5, 5.41) is 9.43. The fourth-order valence-corrected chi connectivity index (χ4v) is 2.38. The Hall–Kier alpha value is -0.910. The van der Waals surface area contributed by atoms with Gasteiger partial charge in [0, 0.05) is 5.39 Å². The van der Waals surface area contributed by atoms with Gasteiger partial charge in [0.2, 0.25) is 5.28 Å². The van der Waals surface area contributed by atoms with E-state index in [0.29, 0.717) is 10.2 Å². The highest BCUT2D eigenvalue weighted by atomic mass is 35.5. The highest BCUT2D eigenvalue weighted by molar-refractivity contribution is 7.20. The number of hydrogen-bond donors (Lipinski definition) is 1. The lowest BCUT2D eigenvalue weighted by Crippen LogP contribution is -1.89. The average Bonchev–Trinajstić information content (AvgIpc) is 2.47. The van der Waals surface area contributed by atoms with Crippen molar-refractivity contribution in [1.82, 2.24) is 9.97 Å². The van der Waals surface area contributed by atoms with Gasteiger partial charge in [-0.1, -0.05) is 11.6 Å². The van der Waals surface area contributed by atoms with E-state index in [4.69, 9.17) is 28.3 Å². The van der Waals surface area contributed by atoms with Crippen molar-refractivity contribution in [1.29, 1.82) is 0 Å². The van der Waals surface area contributed by atoms with Crippen LogP contribution in [0.3, 0.4) is 0 Å². The number of rotatable bonds is 1. The summed E-state index contributed by atoms with van der Waals surface area (Å²) in [5.74, 6) is -1.01. The molecule has 2 rings (SSSR count). The summed E-state index contributed by atoms with van der Waals surface area (Å²) < 4.78 is 0. The second kappa shape index (κ2) is 3.34. The van der Waals surface area contributed by atoms with Crippen LogP contribution in [0.1, 0.15) is 9.67 Å². The number of carboxylic acids is 1. The monoisotopic (exact) mass is 248 g/mol. The molecule has 0 aliphatic heterocycles. The highest BCUT2D eigenvalue weighted by Crippen LogP contribution is 2.29. The molecule has 0 radical (unpaired) electrons. The number of nitrogens with zero attached hydrogens (tertiary/aromatic N) is 2. The van der Waals surface area contributed by atoms with E-state index < -0.39 is 5.97 Å². The first kappa shape index (κ1) is 9.64. The second-order valence-corrected chi connectivity index (χ2v) is 4.14. The quantitative estimate of drug-likeness (QED) is 0.623. The Morgan fingerprint density at radius 3 is 2.79 bits per heavy atom. The number of aromatic nitrogens is 2. The van der Waals surface area contributed by atoms with Crippen molar-refractivity contribution in [3.8, 4) is 0 Å². The van der Waals surface area contributed by atoms with Crippen LogP contribution in [0.15, 0.2) is 6.07 Å². The predicted molar refractivity (Wildman–Crippen MR) is 54.4 cm³/mol. The molecule has 0 bridgehead atoms. The van der Waals surface area contributed by atoms with Crippen LogP contribution in [-0.2, 0) is 0 Å². The molecule has 2 aromatic rings. The van der Waals surface area contributed by atoms with Crippen LogP contribution < -0.4 is 0 Å². The van der Waals surface area contributed by atoms with Gasteiger partial charge < -0.3 is 5.11 Å². The van der Waals surface area contributed by atoms with Gasteiger partial charge in [-0.15, -0.1) is 11.3 Å². The molecule has 0 fully saturated rings. The van der Waals surface area contributed by atoms with E-state index in [0.717, 1.165) is 11.3 Å². The smallest absolute Gasteiger partial charge is 0.345 e. The molecule has 0 unspecified atom stereocenters. The van der Waals surface area contributed by atoms with E-state index in [2.05, 4.69) is 9.97 Å². The second-order valence-electron chi connectivity index (χ2n) is 2.42. The minimum Gasteiger partial charge on any atom is -0.477 e. The lowest BCUT2D eigenvalue weighted by molar-refractivity contribution is 0.0702. The third kappa shape index (κ3) is 1.54. The van der Waals surface area contributed by atoms with E-state index in [1.54, 1.807) is 0 Å². The van der Waals surface area contributed by atoms with Crippen LogP contribution in [0, 0.1) is 0 Å². The van der Waals surface area contributed by atoms with Crippen molar-refractivity contribution in [3.05, 3.63) is 21.4 Å². The highest BCUT2D eigenvalue weighted by Gasteiger charge is 2.13. The number of fused-ring (bicyclic) bond motifs is 1. The number of aromatic carboxylic acids is 1. The van der Waals surface area contributed by atoms with E-state index in [9.17, 15) is 4.79 Å². The van der Waals surface area contributed by atoms with Gasteiger partial charge in [0.25, 0.3) is 0 Å². The largest absolute Gasteiger partial charge is 0.477 e. The molecule has 0 amide bonds. The number of carboxylic acid groups (broad SMARTS) is 1. The van der Waals surface area contributed by atoms with Gasteiger partial charge in [0.1, 0.15) is 14.9 Å². The number of halogens is 2. The molecular formula is C7H2Cl2N2O2S. The van der Waals surface area contributed by atoms with Crippen LogP contribution in [0.25, 0.3) is 10.2 Å². The zero-order valence-electron chi connectivity index (χ0n) is 6.49. The zero-order valence-corrected chi connectivity index (χ0v) is 8.82. The van der Waals surface area contributed by atoms with Crippen molar-refractivity contribution in [2.45, 2.75) is 0 Å². The van der Waals surface area contributed by atoms with E-state index >= 15 is 0 Å². The Kier molecular flexibility index (Phi) is 2.30. The van der Waals surface area contributed by atoms with Gasteiger partial charge in [-0.05, 0) is 17.7 Å². The maximum Gasteiger partial charge on any atom is 0.345 e. The van der Waals surface area contributed by atoms with Gasteiger partial charge >= 0.3 is 5.97 Å². The van der Waals surface area contributed by atoms with Gasteiger partial charge in [0.05, 0.1) is 0 Å². The molecule has 72 valence electrons. The zero-order chi connectivity index (χ0) is 10.3. The topological polar surface area (TPSA) is 63.1 Å². The molecule has 4 nitrogen and oxygen atoms in total. The molecular weight excluding hydrogens is 247 g/mol. The molecule has 0 aromatic carbocycles. The van der Waals surface area contributed by atoms with Crippen molar-refractivity contribution in [3.63, 3.8) is 0 Å². The third-order valence-corrected chi connectivity index (χ3v) is 3.00. The first-order chi connectivity index (χ1) is 6.58. The average molecular weight is 249 g/mol. The van der Waals surface area contributed by atoms with Crippen LogP contribution in [0.4, 0.5) is 0 Å². The van der Waals surface area contributed by atoms with E-state index in [1.165, 1.54) is 6.07 Å². The van der Waals surface area contributed by atoms with Gasteiger partial charge in [-0.3, -0.25) is 0 Å². The van der Waals surface area contributed by atoms with Crippen molar-refractivity contribution < 1.29 is 9.90 Å². The number of carbonyl (C=O) groups is 1. The van der Waals surface area contributed by atoms with E-state index in [-0.39, 0.29) is 15.3 Å². The maximum atomic E-state index is 10.7.